The number of nitrogens with zero attached hydrogens (tertiary/aromatic N) is 3. The van der Waals surface area contributed by atoms with E-state index >= 15 is 0 Å². The highest BCUT2D eigenvalue weighted by atomic mass is 19.4. The van der Waals surface area contributed by atoms with Crippen LogP contribution in [-0.2, 0) is 19.1 Å². The summed E-state index contributed by atoms with van der Waals surface area (Å²) in [4.78, 5) is 27.3. The minimum Gasteiger partial charge on any atom is -0.475 e. The van der Waals surface area contributed by atoms with Gasteiger partial charge in [-0.05, 0) is 56.8 Å². The van der Waals surface area contributed by atoms with Crippen molar-refractivity contribution in [1.29, 1.82) is 0 Å². The Hall–Kier alpha value is -2.65. The molecule has 222 valence electrons. The molecule has 1 aromatic rings. The van der Waals surface area contributed by atoms with Crippen LogP contribution >= 0.6 is 0 Å². The van der Waals surface area contributed by atoms with Gasteiger partial charge in [0.15, 0.2) is 0 Å². The van der Waals surface area contributed by atoms with Crippen LogP contribution in [0.2, 0.25) is 0 Å². The zero-order valence-corrected chi connectivity index (χ0v) is 21.2. The van der Waals surface area contributed by atoms with Crippen LogP contribution < -0.4 is 4.90 Å². The first kappa shape index (κ1) is 32.6. The molecule has 0 unspecified atom stereocenters. The normalized spacial score (nSPS) is 20.6. The zero-order chi connectivity index (χ0) is 29.1. The highest BCUT2D eigenvalue weighted by molar-refractivity contribution is 5.73. The van der Waals surface area contributed by atoms with Crippen molar-refractivity contribution in [2.24, 2.45) is 11.3 Å². The third-order valence-electron chi connectivity index (χ3n) is 6.71. The van der Waals surface area contributed by atoms with Crippen molar-refractivity contribution in [2.75, 3.05) is 64.1 Å². The Bertz CT molecular complexity index is 865. The van der Waals surface area contributed by atoms with Gasteiger partial charge in [-0.1, -0.05) is 0 Å². The lowest BCUT2D eigenvalue weighted by Crippen LogP contribution is -2.48. The molecule has 39 heavy (non-hydrogen) atoms. The number of piperidine rings is 1. The Balaban J connectivity index is 0.000000317. The number of aromatic nitrogens is 1. The van der Waals surface area contributed by atoms with E-state index in [1.807, 2.05) is 18.5 Å². The number of alkyl halides is 6. The van der Waals surface area contributed by atoms with Crippen LogP contribution in [0.3, 0.4) is 0 Å². The lowest BCUT2D eigenvalue weighted by Gasteiger charge is -2.44. The average Bonchev–Trinajstić information content (AvgIpc) is 3.09. The average molecular weight is 574 g/mol. The molecule has 0 aromatic carbocycles. The quantitative estimate of drug-likeness (QED) is 0.523. The van der Waals surface area contributed by atoms with Crippen LogP contribution in [0.1, 0.15) is 25.7 Å². The third kappa shape index (κ3) is 11.5. The topological polar surface area (TPSA) is 112 Å². The Morgan fingerprint density at radius 1 is 0.949 bits per heavy atom. The van der Waals surface area contributed by atoms with Gasteiger partial charge in [0.25, 0.3) is 0 Å². The summed E-state index contributed by atoms with van der Waals surface area (Å²) in [6.07, 6.45) is -1.37. The van der Waals surface area contributed by atoms with Crippen LogP contribution in [0.4, 0.5) is 32.0 Å². The van der Waals surface area contributed by atoms with E-state index in [0.29, 0.717) is 5.41 Å². The first-order valence-corrected chi connectivity index (χ1v) is 12.3. The number of carboxylic acid groups (broad SMARTS) is 2. The van der Waals surface area contributed by atoms with Crippen molar-refractivity contribution in [3.05, 3.63) is 24.5 Å². The van der Waals surface area contributed by atoms with Gasteiger partial charge in [0.1, 0.15) is 0 Å². The number of carboxylic acids is 2. The standard InChI is InChI=1S/C20H31N3O2.2C2HF3O2/c1-2-19(14-21-7-1)23-10-13-25-17-20(16-23)5-8-22(9-6-20)15-18-3-11-24-12-4-18;2*3-2(4,5)1(6)7/h1-2,7,14,18H,3-6,8-13,15-17H2;2*(H,6,7). The molecule has 0 atom stereocenters. The molecule has 9 nitrogen and oxygen atoms in total. The van der Waals surface area contributed by atoms with Crippen molar-refractivity contribution in [2.45, 2.75) is 38.0 Å². The second kappa shape index (κ2) is 14.7. The summed E-state index contributed by atoms with van der Waals surface area (Å²) < 4.78 is 75.0. The van der Waals surface area contributed by atoms with Crippen LogP contribution in [0.25, 0.3) is 0 Å². The number of hydrogen-bond donors (Lipinski definition) is 2. The maximum Gasteiger partial charge on any atom is 0.490 e. The van der Waals surface area contributed by atoms with Gasteiger partial charge in [-0.2, -0.15) is 26.3 Å². The molecular weight excluding hydrogens is 540 g/mol. The fourth-order valence-electron chi connectivity index (χ4n) is 4.56. The summed E-state index contributed by atoms with van der Waals surface area (Å²) in [5.41, 5.74) is 1.54. The first-order chi connectivity index (χ1) is 18.2. The smallest absolute Gasteiger partial charge is 0.475 e. The Morgan fingerprint density at radius 2 is 1.51 bits per heavy atom. The molecule has 0 amide bonds. The highest BCUT2D eigenvalue weighted by Gasteiger charge is 2.40. The molecule has 0 bridgehead atoms. The van der Waals surface area contributed by atoms with Crippen LogP contribution in [0.5, 0.6) is 0 Å². The summed E-state index contributed by atoms with van der Waals surface area (Å²) in [5.74, 6) is -4.68. The molecule has 15 heteroatoms. The fourth-order valence-corrected chi connectivity index (χ4v) is 4.56. The van der Waals surface area contributed by atoms with Gasteiger partial charge in [0.2, 0.25) is 0 Å². The molecule has 1 aromatic heterocycles. The molecule has 1 spiro atoms. The number of ether oxygens (including phenoxy) is 2. The largest absolute Gasteiger partial charge is 0.490 e. The van der Waals surface area contributed by atoms with E-state index in [1.165, 1.54) is 51.0 Å². The van der Waals surface area contributed by atoms with Crippen molar-refractivity contribution in [3.8, 4) is 0 Å². The molecule has 4 rings (SSSR count). The molecular formula is C24H33F6N3O6. The predicted octanol–water partition coefficient (Wildman–Crippen LogP) is 3.69. The first-order valence-electron chi connectivity index (χ1n) is 12.3. The number of halogens is 6. The maximum atomic E-state index is 10.6. The zero-order valence-electron chi connectivity index (χ0n) is 21.2. The number of anilines is 1. The lowest BCUT2D eigenvalue weighted by molar-refractivity contribution is -0.193. The molecule has 0 aliphatic carbocycles. The van der Waals surface area contributed by atoms with Crippen LogP contribution in [0, 0.1) is 11.3 Å². The van der Waals surface area contributed by atoms with E-state index in [0.717, 1.165) is 45.4 Å². The van der Waals surface area contributed by atoms with E-state index in [-0.39, 0.29) is 0 Å². The molecule has 3 aliphatic heterocycles. The minimum atomic E-state index is -5.08. The van der Waals surface area contributed by atoms with E-state index in [9.17, 15) is 26.3 Å². The van der Waals surface area contributed by atoms with Gasteiger partial charge in [-0.3, -0.25) is 4.98 Å². The molecule has 3 fully saturated rings. The van der Waals surface area contributed by atoms with Gasteiger partial charge in [-0.25, -0.2) is 9.59 Å². The lowest BCUT2D eigenvalue weighted by atomic mass is 9.78. The number of pyridine rings is 1. The van der Waals surface area contributed by atoms with Crippen LogP contribution in [0.15, 0.2) is 24.5 Å². The molecule has 0 radical (unpaired) electrons. The Morgan fingerprint density at radius 3 is 2.00 bits per heavy atom. The van der Waals surface area contributed by atoms with Crippen molar-refractivity contribution < 1.29 is 55.6 Å². The van der Waals surface area contributed by atoms with Gasteiger partial charge in [-0.15, -0.1) is 0 Å². The van der Waals surface area contributed by atoms with Gasteiger partial charge < -0.3 is 29.5 Å². The summed E-state index contributed by atoms with van der Waals surface area (Å²) in [6.45, 7) is 9.39. The minimum absolute atomic E-state index is 0.304. The maximum absolute atomic E-state index is 10.6. The van der Waals surface area contributed by atoms with Crippen molar-refractivity contribution >= 4 is 17.6 Å². The van der Waals surface area contributed by atoms with E-state index in [1.54, 1.807) is 0 Å². The number of carbonyl (C=O) groups is 2. The Labute approximate surface area is 221 Å². The highest BCUT2D eigenvalue weighted by Crippen LogP contribution is 2.36. The molecule has 3 aliphatic rings. The number of likely N-dealkylation sites (tertiary alicyclic amines) is 1. The third-order valence-corrected chi connectivity index (χ3v) is 6.71. The SMILES string of the molecule is O=C(O)C(F)(F)F.O=C(O)C(F)(F)F.c1cncc(N2CCOCC3(CCN(CC4CCOCC4)CC3)C2)c1. The van der Waals surface area contributed by atoms with Gasteiger partial charge >= 0.3 is 24.3 Å². The van der Waals surface area contributed by atoms with E-state index in [2.05, 4.69) is 20.9 Å². The monoisotopic (exact) mass is 573 g/mol. The van der Waals surface area contributed by atoms with Crippen molar-refractivity contribution in [1.82, 2.24) is 9.88 Å². The molecule has 0 saturated carbocycles. The number of rotatable bonds is 3. The second-order valence-corrected chi connectivity index (χ2v) is 9.65. The van der Waals surface area contributed by atoms with Crippen molar-refractivity contribution in [3.63, 3.8) is 0 Å². The van der Waals surface area contributed by atoms with Gasteiger partial charge in [0.05, 0.1) is 25.1 Å². The Kier molecular flexibility index (Phi) is 12.2. The summed E-state index contributed by atoms with van der Waals surface area (Å²) in [5, 5.41) is 14.2. The molecule has 4 heterocycles. The van der Waals surface area contributed by atoms with E-state index in [4.69, 9.17) is 29.3 Å². The number of aliphatic carboxylic acids is 2. The summed E-state index contributed by atoms with van der Waals surface area (Å²) in [6, 6.07) is 4.20. The second-order valence-electron chi connectivity index (χ2n) is 9.65. The summed E-state index contributed by atoms with van der Waals surface area (Å²) >= 11 is 0. The predicted molar refractivity (Wildman–Crippen MR) is 126 cm³/mol. The van der Waals surface area contributed by atoms with Crippen LogP contribution in [-0.4, -0.2) is 104 Å². The number of hydrogen-bond acceptors (Lipinski definition) is 7. The molecule has 3 saturated heterocycles. The van der Waals surface area contributed by atoms with Gasteiger partial charge in [0, 0.05) is 44.5 Å². The fraction of sp³-hybridized carbons (Fsp3) is 0.708. The molecule has 2 N–H and O–H groups in total. The van der Waals surface area contributed by atoms with E-state index < -0.39 is 24.3 Å². The summed E-state index contributed by atoms with van der Waals surface area (Å²) in [7, 11) is 0.